The van der Waals surface area contributed by atoms with Crippen molar-refractivity contribution < 1.29 is 27.4 Å². The van der Waals surface area contributed by atoms with Crippen molar-refractivity contribution in [3.05, 3.63) is 35.4 Å². The van der Waals surface area contributed by atoms with Crippen LogP contribution in [0.1, 0.15) is 28.8 Å². The summed E-state index contributed by atoms with van der Waals surface area (Å²) in [6.45, 7) is 0.275. The van der Waals surface area contributed by atoms with Gasteiger partial charge in [0, 0.05) is 13.0 Å². The summed E-state index contributed by atoms with van der Waals surface area (Å²) in [6.07, 6.45) is -5.02. The summed E-state index contributed by atoms with van der Waals surface area (Å²) in [5, 5.41) is 0. The molecule has 0 aromatic heterocycles. The molecule has 0 bridgehead atoms. The third-order valence-electron chi connectivity index (χ3n) is 2.39. The van der Waals surface area contributed by atoms with Gasteiger partial charge < -0.3 is 9.47 Å². The van der Waals surface area contributed by atoms with Crippen molar-refractivity contribution in [1.82, 2.24) is 0 Å². The largest absolute Gasteiger partial charge is 0.465 e. The fourth-order valence-corrected chi connectivity index (χ4v) is 1.42. The van der Waals surface area contributed by atoms with E-state index in [1.54, 1.807) is 24.3 Å². The number of carbonyl (C=O) groups is 1. The minimum Gasteiger partial charge on any atom is -0.465 e. The Morgan fingerprint density at radius 1 is 1.21 bits per heavy atom. The number of rotatable bonds is 6. The highest BCUT2D eigenvalue weighted by Gasteiger charge is 2.25. The first kappa shape index (κ1) is 15.5. The summed E-state index contributed by atoms with van der Waals surface area (Å²) in [5.74, 6) is -0.433. The fourth-order valence-electron chi connectivity index (χ4n) is 1.42. The summed E-state index contributed by atoms with van der Waals surface area (Å²) >= 11 is 0. The van der Waals surface area contributed by atoms with Crippen LogP contribution in [-0.2, 0) is 16.1 Å². The SMILES string of the molecule is COC(=O)c1ccc(COCCCC(F)(F)F)cc1. The Kier molecular flexibility index (Phi) is 5.82. The number of benzene rings is 1. The zero-order valence-electron chi connectivity index (χ0n) is 10.5. The molecule has 0 saturated carbocycles. The van der Waals surface area contributed by atoms with E-state index in [0.717, 1.165) is 5.56 Å². The Morgan fingerprint density at radius 3 is 2.37 bits per heavy atom. The summed E-state index contributed by atoms with van der Waals surface area (Å²) in [4.78, 5) is 11.2. The Balaban J connectivity index is 2.29. The number of carbonyl (C=O) groups excluding carboxylic acids is 1. The third kappa shape index (κ3) is 6.24. The second-order valence-corrected chi connectivity index (χ2v) is 3.96. The number of methoxy groups -OCH3 is 1. The first-order valence-electron chi connectivity index (χ1n) is 5.74. The van der Waals surface area contributed by atoms with Crippen LogP contribution in [0.4, 0.5) is 13.2 Å². The highest BCUT2D eigenvalue weighted by Crippen LogP contribution is 2.21. The molecule has 0 aliphatic rings. The minimum absolute atomic E-state index is 0.0518. The number of halogens is 3. The van der Waals surface area contributed by atoms with Crippen molar-refractivity contribution in [1.29, 1.82) is 0 Å². The van der Waals surface area contributed by atoms with Crippen LogP contribution in [-0.4, -0.2) is 25.9 Å². The van der Waals surface area contributed by atoms with E-state index in [0.29, 0.717) is 5.56 Å². The van der Waals surface area contributed by atoms with Crippen LogP contribution < -0.4 is 0 Å². The molecule has 0 saturated heterocycles. The lowest BCUT2D eigenvalue weighted by molar-refractivity contribution is -0.138. The van der Waals surface area contributed by atoms with E-state index in [2.05, 4.69) is 4.74 Å². The molecule has 0 aliphatic carbocycles. The van der Waals surface area contributed by atoms with Crippen LogP contribution in [0, 0.1) is 0 Å². The molecule has 19 heavy (non-hydrogen) atoms. The van der Waals surface area contributed by atoms with Crippen LogP contribution in [0.5, 0.6) is 0 Å². The maximum absolute atomic E-state index is 11.9. The molecule has 106 valence electrons. The van der Waals surface area contributed by atoms with Gasteiger partial charge in [-0.05, 0) is 24.1 Å². The molecule has 0 N–H and O–H groups in total. The van der Waals surface area contributed by atoms with Crippen LogP contribution >= 0.6 is 0 Å². The fraction of sp³-hybridized carbons (Fsp3) is 0.462. The molecule has 0 spiro atoms. The Morgan fingerprint density at radius 2 is 1.84 bits per heavy atom. The van der Waals surface area contributed by atoms with E-state index in [1.165, 1.54) is 7.11 Å². The zero-order chi connectivity index (χ0) is 14.3. The molecule has 1 rings (SSSR count). The maximum Gasteiger partial charge on any atom is 0.389 e. The van der Waals surface area contributed by atoms with Gasteiger partial charge >= 0.3 is 12.1 Å². The molecule has 0 heterocycles. The van der Waals surface area contributed by atoms with Gasteiger partial charge in [0.25, 0.3) is 0 Å². The molecule has 0 fully saturated rings. The van der Waals surface area contributed by atoms with E-state index >= 15 is 0 Å². The number of ether oxygens (including phenoxy) is 2. The summed E-state index contributed by atoms with van der Waals surface area (Å²) in [6, 6.07) is 6.52. The lowest BCUT2D eigenvalue weighted by Crippen LogP contribution is -2.08. The van der Waals surface area contributed by atoms with E-state index in [9.17, 15) is 18.0 Å². The predicted octanol–water partition coefficient (Wildman–Crippen LogP) is 3.33. The predicted molar refractivity (Wildman–Crippen MR) is 62.7 cm³/mol. The van der Waals surface area contributed by atoms with Gasteiger partial charge in [-0.3, -0.25) is 0 Å². The van der Waals surface area contributed by atoms with Crippen LogP contribution in [0.25, 0.3) is 0 Å². The van der Waals surface area contributed by atoms with Gasteiger partial charge in [-0.2, -0.15) is 13.2 Å². The number of hydrogen-bond acceptors (Lipinski definition) is 3. The second-order valence-electron chi connectivity index (χ2n) is 3.96. The molecular weight excluding hydrogens is 261 g/mol. The molecule has 0 unspecified atom stereocenters. The van der Waals surface area contributed by atoms with Gasteiger partial charge in [-0.15, -0.1) is 0 Å². The maximum atomic E-state index is 11.9. The summed E-state index contributed by atoms with van der Waals surface area (Å²) in [7, 11) is 1.29. The molecule has 0 amide bonds. The molecule has 6 heteroatoms. The molecule has 0 atom stereocenters. The van der Waals surface area contributed by atoms with Crippen molar-refractivity contribution in [3.8, 4) is 0 Å². The van der Waals surface area contributed by atoms with Gasteiger partial charge in [-0.1, -0.05) is 12.1 Å². The van der Waals surface area contributed by atoms with Gasteiger partial charge in [-0.25, -0.2) is 4.79 Å². The van der Waals surface area contributed by atoms with Gasteiger partial charge in [0.05, 0.1) is 19.3 Å². The number of esters is 1. The monoisotopic (exact) mass is 276 g/mol. The van der Waals surface area contributed by atoms with Crippen molar-refractivity contribution in [2.75, 3.05) is 13.7 Å². The van der Waals surface area contributed by atoms with Crippen molar-refractivity contribution >= 4 is 5.97 Å². The van der Waals surface area contributed by atoms with E-state index in [-0.39, 0.29) is 19.6 Å². The second kappa shape index (κ2) is 7.13. The van der Waals surface area contributed by atoms with Gasteiger partial charge in [0.2, 0.25) is 0 Å². The van der Waals surface area contributed by atoms with Crippen molar-refractivity contribution in [2.24, 2.45) is 0 Å². The minimum atomic E-state index is -4.13. The van der Waals surface area contributed by atoms with Crippen molar-refractivity contribution in [3.63, 3.8) is 0 Å². The Labute approximate surface area is 109 Å². The first-order valence-corrected chi connectivity index (χ1v) is 5.74. The zero-order valence-corrected chi connectivity index (χ0v) is 10.5. The van der Waals surface area contributed by atoms with Crippen LogP contribution in [0.15, 0.2) is 24.3 Å². The Hall–Kier alpha value is -1.56. The first-order chi connectivity index (χ1) is 8.92. The normalized spacial score (nSPS) is 11.4. The molecule has 1 aromatic carbocycles. The average Bonchev–Trinajstić information content (AvgIpc) is 2.37. The lowest BCUT2D eigenvalue weighted by Gasteiger charge is -2.07. The number of alkyl halides is 3. The van der Waals surface area contributed by atoms with E-state index in [4.69, 9.17) is 4.74 Å². The van der Waals surface area contributed by atoms with Crippen LogP contribution in [0.2, 0.25) is 0 Å². The lowest BCUT2D eigenvalue weighted by atomic mass is 10.1. The summed E-state index contributed by atoms with van der Waals surface area (Å²) in [5.41, 5.74) is 1.21. The number of hydrogen-bond donors (Lipinski definition) is 0. The molecule has 1 aromatic rings. The molecule has 3 nitrogen and oxygen atoms in total. The van der Waals surface area contributed by atoms with Crippen molar-refractivity contribution in [2.45, 2.75) is 25.6 Å². The van der Waals surface area contributed by atoms with E-state index in [1.807, 2.05) is 0 Å². The van der Waals surface area contributed by atoms with Crippen LogP contribution in [0.3, 0.4) is 0 Å². The quantitative estimate of drug-likeness (QED) is 0.590. The van der Waals surface area contributed by atoms with E-state index < -0.39 is 18.6 Å². The van der Waals surface area contributed by atoms with Gasteiger partial charge in [0.15, 0.2) is 0 Å². The third-order valence-corrected chi connectivity index (χ3v) is 2.39. The molecule has 0 radical (unpaired) electrons. The van der Waals surface area contributed by atoms with Gasteiger partial charge in [0.1, 0.15) is 0 Å². The highest BCUT2D eigenvalue weighted by molar-refractivity contribution is 5.89. The molecular formula is C13H15F3O3. The highest BCUT2D eigenvalue weighted by atomic mass is 19.4. The molecule has 0 aliphatic heterocycles. The smallest absolute Gasteiger partial charge is 0.389 e. The topological polar surface area (TPSA) is 35.5 Å². The average molecular weight is 276 g/mol. The Bertz CT molecular complexity index is 399. The standard InChI is InChI=1S/C13H15F3O3/c1-18-12(17)11-5-3-10(4-6-11)9-19-8-2-7-13(14,15)16/h3-6H,2,7-9H2,1H3. The summed E-state index contributed by atoms with van der Waals surface area (Å²) < 4.78 is 45.3.